The van der Waals surface area contributed by atoms with Crippen LogP contribution in [-0.2, 0) is 11.8 Å². The van der Waals surface area contributed by atoms with Crippen molar-refractivity contribution in [2.75, 3.05) is 20.3 Å². The maximum Gasteiger partial charge on any atom is 0.217 e. The molecule has 5 nitrogen and oxygen atoms in total. The van der Waals surface area contributed by atoms with Gasteiger partial charge in [-0.3, -0.25) is 0 Å². The van der Waals surface area contributed by atoms with Gasteiger partial charge in [0.05, 0.1) is 24.5 Å². The molecule has 1 fully saturated rings. The molecule has 1 N–H and O–H groups in total. The van der Waals surface area contributed by atoms with E-state index < -0.39 is 0 Å². The fraction of sp³-hybridized carbons (Fsp3) is 0.800. The first kappa shape index (κ1) is 15.3. The lowest BCUT2D eigenvalue weighted by molar-refractivity contribution is -0.0297. The second-order valence-electron chi connectivity index (χ2n) is 5.89. The van der Waals surface area contributed by atoms with Crippen molar-refractivity contribution in [3.63, 3.8) is 0 Å². The second kappa shape index (κ2) is 6.59. The van der Waals surface area contributed by atoms with Crippen LogP contribution >= 0.6 is 0 Å². The molecule has 2 rings (SSSR count). The summed E-state index contributed by atoms with van der Waals surface area (Å²) in [5, 5.41) is 8.01. The van der Waals surface area contributed by atoms with Crippen molar-refractivity contribution in [2.24, 2.45) is 13.0 Å². The first-order valence-corrected chi connectivity index (χ1v) is 7.47. The predicted octanol–water partition coefficient (Wildman–Crippen LogP) is 2.20. The standard InChI is InChI=1S/C15H27N3O2/c1-10(2)16-9-12-7-6-8-20-14(12)13-11(3)17-18(4)15(13)19-5/h10,12,14,16H,6-9H2,1-5H3. The van der Waals surface area contributed by atoms with E-state index in [1.165, 1.54) is 6.42 Å². The summed E-state index contributed by atoms with van der Waals surface area (Å²) < 4.78 is 13.4. The van der Waals surface area contributed by atoms with Crippen LogP contribution in [0.1, 0.15) is 44.1 Å². The Kier molecular flexibility index (Phi) is 5.05. The number of rotatable bonds is 5. The third kappa shape index (κ3) is 3.15. The van der Waals surface area contributed by atoms with Crippen molar-refractivity contribution in [3.8, 4) is 5.88 Å². The summed E-state index contributed by atoms with van der Waals surface area (Å²) in [5.41, 5.74) is 2.12. The monoisotopic (exact) mass is 281 g/mol. The Hall–Kier alpha value is -1.07. The number of nitrogens with zero attached hydrogens (tertiary/aromatic N) is 2. The topological polar surface area (TPSA) is 48.3 Å². The highest BCUT2D eigenvalue weighted by Gasteiger charge is 2.33. The van der Waals surface area contributed by atoms with E-state index in [-0.39, 0.29) is 6.10 Å². The van der Waals surface area contributed by atoms with Gasteiger partial charge >= 0.3 is 0 Å². The molecule has 1 saturated heterocycles. The minimum atomic E-state index is 0.0821. The number of ether oxygens (including phenoxy) is 2. The number of aryl methyl sites for hydroxylation is 2. The minimum Gasteiger partial charge on any atom is -0.481 e. The summed E-state index contributed by atoms with van der Waals surface area (Å²) >= 11 is 0. The van der Waals surface area contributed by atoms with Crippen LogP contribution in [0.3, 0.4) is 0 Å². The summed E-state index contributed by atoms with van der Waals surface area (Å²) in [7, 11) is 3.61. The maximum atomic E-state index is 6.07. The van der Waals surface area contributed by atoms with Crippen LogP contribution in [0.5, 0.6) is 5.88 Å². The lowest BCUT2D eigenvalue weighted by Crippen LogP contribution is -2.35. The highest BCUT2D eigenvalue weighted by Crippen LogP contribution is 2.39. The van der Waals surface area contributed by atoms with Crippen molar-refractivity contribution in [2.45, 2.75) is 45.8 Å². The summed E-state index contributed by atoms with van der Waals surface area (Å²) in [6, 6.07) is 0.495. The fourth-order valence-electron chi connectivity index (χ4n) is 2.98. The van der Waals surface area contributed by atoms with Crippen LogP contribution in [-0.4, -0.2) is 36.1 Å². The molecule has 5 heteroatoms. The van der Waals surface area contributed by atoms with Crippen molar-refractivity contribution >= 4 is 0 Å². The zero-order valence-corrected chi connectivity index (χ0v) is 13.3. The Morgan fingerprint density at radius 2 is 2.25 bits per heavy atom. The van der Waals surface area contributed by atoms with Gasteiger partial charge in [0.1, 0.15) is 0 Å². The van der Waals surface area contributed by atoms with Crippen molar-refractivity contribution in [1.82, 2.24) is 15.1 Å². The summed E-state index contributed by atoms with van der Waals surface area (Å²) in [5.74, 6) is 1.30. The smallest absolute Gasteiger partial charge is 0.217 e. The van der Waals surface area contributed by atoms with Gasteiger partial charge in [-0.1, -0.05) is 13.8 Å². The average molecular weight is 281 g/mol. The molecule has 20 heavy (non-hydrogen) atoms. The number of nitrogens with one attached hydrogen (secondary N) is 1. The highest BCUT2D eigenvalue weighted by molar-refractivity contribution is 5.34. The van der Waals surface area contributed by atoms with E-state index in [1.807, 2.05) is 14.0 Å². The summed E-state index contributed by atoms with van der Waals surface area (Å²) in [4.78, 5) is 0. The van der Waals surface area contributed by atoms with Crippen LogP contribution in [0.15, 0.2) is 0 Å². The number of methoxy groups -OCH3 is 1. The molecule has 2 heterocycles. The van der Waals surface area contributed by atoms with E-state index in [1.54, 1.807) is 11.8 Å². The molecular weight excluding hydrogens is 254 g/mol. The number of aromatic nitrogens is 2. The van der Waals surface area contributed by atoms with Crippen molar-refractivity contribution in [1.29, 1.82) is 0 Å². The van der Waals surface area contributed by atoms with Crippen LogP contribution in [0.2, 0.25) is 0 Å². The molecule has 2 unspecified atom stereocenters. The molecule has 0 saturated carbocycles. The molecule has 0 spiro atoms. The van der Waals surface area contributed by atoms with Gasteiger partial charge in [-0.05, 0) is 19.8 Å². The third-order valence-electron chi connectivity index (χ3n) is 3.93. The summed E-state index contributed by atoms with van der Waals surface area (Å²) in [6.45, 7) is 8.17. The number of hydrogen-bond acceptors (Lipinski definition) is 4. The molecular formula is C15H27N3O2. The van der Waals surface area contributed by atoms with Crippen LogP contribution in [0, 0.1) is 12.8 Å². The molecule has 0 bridgehead atoms. The van der Waals surface area contributed by atoms with Gasteiger partial charge in [0, 0.05) is 32.2 Å². The van der Waals surface area contributed by atoms with E-state index >= 15 is 0 Å². The Morgan fingerprint density at radius 3 is 2.90 bits per heavy atom. The zero-order valence-electron chi connectivity index (χ0n) is 13.3. The first-order valence-electron chi connectivity index (χ1n) is 7.47. The highest BCUT2D eigenvalue weighted by atomic mass is 16.5. The molecule has 2 atom stereocenters. The van der Waals surface area contributed by atoms with Crippen LogP contribution in [0.4, 0.5) is 0 Å². The van der Waals surface area contributed by atoms with Crippen molar-refractivity contribution < 1.29 is 9.47 Å². The van der Waals surface area contributed by atoms with E-state index in [0.29, 0.717) is 12.0 Å². The first-order chi connectivity index (χ1) is 9.54. The average Bonchev–Trinajstić information content (AvgIpc) is 2.70. The van der Waals surface area contributed by atoms with Gasteiger partial charge in [-0.25, -0.2) is 4.68 Å². The summed E-state index contributed by atoms with van der Waals surface area (Å²) in [6.07, 6.45) is 2.39. The lowest BCUT2D eigenvalue weighted by atomic mass is 9.89. The third-order valence-corrected chi connectivity index (χ3v) is 3.93. The molecule has 0 aromatic carbocycles. The van der Waals surface area contributed by atoms with Gasteiger partial charge in [0.2, 0.25) is 5.88 Å². The van der Waals surface area contributed by atoms with Gasteiger partial charge in [-0.15, -0.1) is 0 Å². The quantitative estimate of drug-likeness (QED) is 0.899. The SMILES string of the molecule is COc1c(C2OCCCC2CNC(C)C)c(C)nn1C. The van der Waals surface area contributed by atoms with Gasteiger partial charge in [0.25, 0.3) is 0 Å². The molecule has 1 aromatic rings. The molecule has 1 aliphatic heterocycles. The Labute approximate surface area is 121 Å². The fourth-order valence-corrected chi connectivity index (χ4v) is 2.98. The van der Waals surface area contributed by atoms with Gasteiger partial charge < -0.3 is 14.8 Å². The van der Waals surface area contributed by atoms with Crippen LogP contribution in [0.25, 0.3) is 0 Å². The van der Waals surface area contributed by atoms with E-state index in [0.717, 1.165) is 36.7 Å². The van der Waals surface area contributed by atoms with E-state index in [9.17, 15) is 0 Å². The zero-order chi connectivity index (χ0) is 14.7. The lowest BCUT2D eigenvalue weighted by Gasteiger charge is -2.32. The van der Waals surface area contributed by atoms with Gasteiger partial charge in [-0.2, -0.15) is 5.10 Å². The normalized spacial score (nSPS) is 23.3. The predicted molar refractivity (Wildman–Crippen MR) is 79.1 cm³/mol. The largest absolute Gasteiger partial charge is 0.481 e. The maximum absolute atomic E-state index is 6.07. The molecule has 114 valence electrons. The van der Waals surface area contributed by atoms with E-state index in [2.05, 4.69) is 24.3 Å². The molecule has 0 amide bonds. The molecule has 0 aliphatic carbocycles. The molecule has 1 aliphatic rings. The Balaban J connectivity index is 2.23. The van der Waals surface area contributed by atoms with E-state index in [4.69, 9.17) is 9.47 Å². The number of hydrogen-bond donors (Lipinski definition) is 1. The Morgan fingerprint density at radius 1 is 1.50 bits per heavy atom. The van der Waals surface area contributed by atoms with Crippen LogP contribution < -0.4 is 10.1 Å². The minimum absolute atomic E-state index is 0.0821. The Bertz CT molecular complexity index is 443. The van der Waals surface area contributed by atoms with Crippen molar-refractivity contribution in [3.05, 3.63) is 11.3 Å². The molecule has 0 radical (unpaired) electrons. The second-order valence-corrected chi connectivity index (χ2v) is 5.89. The molecule has 1 aromatic heterocycles. The van der Waals surface area contributed by atoms with Gasteiger partial charge in [0.15, 0.2) is 0 Å².